The first-order valence-corrected chi connectivity index (χ1v) is 8.75. The third kappa shape index (κ3) is 4.20. The number of carbonyl (C=O) groups excluding carboxylic acids is 1. The molecule has 6 nitrogen and oxygen atoms in total. The summed E-state index contributed by atoms with van der Waals surface area (Å²) in [4.78, 5) is 26.2. The molecule has 1 aromatic carbocycles. The zero-order chi connectivity index (χ0) is 18.6. The van der Waals surface area contributed by atoms with E-state index in [9.17, 15) is 14.7 Å². The van der Waals surface area contributed by atoms with Crippen LogP contribution in [0.15, 0.2) is 53.5 Å². The van der Waals surface area contributed by atoms with Gasteiger partial charge in [-0.05, 0) is 18.6 Å². The number of aliphatic hydroxyl groups excluding tert-OH is 1. The summed E-state index contributed by atoms with van der Waals surface area (Å²) in [6, 6.07) is 12.9. The molecular formula is C20H24N2O4. The summed E-state index contributed by atoms with van der Waals surface area (Å²) in [5.41, 5.74) is 1.18. The molecule has 0 bridgehead atoms. The summed E-state index contributed by atoms with van der Waals surface area (Å²) in [5.74, 6) is -0.149. The second-order valence-corrected chi connectivity index (χ2v) is 6.84. The standard InChI is InChI=1S/C20H24N2O4/c1-16-5-4-6-17(11-16)12-20(15-23)14-22(9-10-26-20)19(25)13-21-8-3-2-7-18(21)24/h2-8,11,23H,9-10,12-15H2,1H3/t20-/m1/s1. The molecule has 0 spiro atoms. The zero-order valence-corrected chi connectivity index (χ0v) is 14.9. The molecule has 1 aromatic heterocycles. The Kier molecular flexibility index (Phi) is 5.54. The van der Waals surface area contributed by atoms with Crippen molar-refractivity contribution in [3.63, 3.8) is 0 Å². The predicted molar refractivity (Wildman–Crippen MR) is 97.9 cm³/mol. The molecule has 1 amide bonds. The summed E-state index contributed by atoms with van der Waals surface area (Å²) in [5, 5.41) is 9.99. The van der Waals surface area contributed by atoms with E-state index in [1.54, 1.807) is 23.2 Å². The summed E-state index contributed by atoms with van der Waals surface area (Å²) in [6.07, 6.45) is 2.13. The van der Waals surface area contributed by atoms with Crippen molar-refractivity contribution < 1.29 is 14.6 Å². The van der Waals surface area contributed by atoms with Crippen molar-refractivity contribution in [2.45, 2.75) is 25.5 Å². The van der Waals surface area contributed by atoms with Crippen LogP contribution in [0, 0.1) is 6.92 Å². The van der Waals surface area contributed by atoms with E-state index < -0.39 is 5.60 Å². The van der Waals surface area contributed by atoms with Gasteiger partial charge in [0.25, 0.3) is 5.56 Å². The van der Waals surface area contributed by atoms with Crippen LogP contribution in [0.2, 0.25) is 0 Å². The van der Waals surface area contributed by atoms with Crippen molar-refractivity contribution in [1.82, 2.24) is 9.47 Å². The molecule has 6 heteroatoms. The fourth-order valence-electron chi connectivity index (χ4n) is 3.35. The van der Waals surface area contributed by atoms with Gasteiger partial charge in [-0.2, -0.15) is 0 Å². The fourth-order valence-corrected chi connectivity index (χ4v) is 3.35. The van der Waals surface area contributed by atoms with Crippen LogP contribution < -0.4 is 5.56 Å². The number of nitrogens with zero attached hydrogens (tertiary/aromatic N) is 2. The number of ether oxygens (including phenoxy) is 1. The number of rotatable bonds is 5. The average Bonchev–Trinajstić information content (AvgIpc) is 2.64. The maximum Gasteiger partial charge on any atom is 0.250 e. The van der Waals surface area contributed by atoms with E-state index in [-0.39, 0.29) is 24.6 Å². The number of hydrogen-bond acceptors (Lipinski definition) is 4. The van der Waals surface area contributed by atoms with Crippen LogP contribution in [-0.4, -0.2) is 52.4 Å². The lowest BCUT2D eigenvalue weighted by molar-refractivity contribution is -0.158. The van der Waals surface area contributed by atoms with Gasteiger partial charge in [0.15, 0.2) is 0 Å². The number of morpholine rings is 1. The molecule has 1 aliphatic rings. The Morgan fingerprint density at radius 3 is 2.85 bits per heavy atom. The van der Waals surface area contributed by atoms with Crippen molar-refractivity contribution in [2.24, 2.45) is 0 Å². The number of carbonyl (C=O) groups is 1. The van der Waals surface area contributed by atoms with Crippen LogP contribution in [0.5, 0.6) is 0 Å². The lowest BCUT2D eigenvalue weighted by atomic mass is 9.92. The molecular weight excluding hydrogens is 332 g/mol. The quantitative estimate of drug-likeness (QED) is 0.867. The second kappa shape index (κ2) is 7.85. The van der Waals surface area contributed by atoms with E-state index >= 15 is 0 Å². The molecule has 1 aliphatic heterocycles. The first-order chi connectivity index (χ1) is 12.5. The largest absolute Gasteiger partial charge is 0.393 e. The van der Waals surface area contributed by atoms with Gasteiger partial charge in [-0.3, -0.25) is 9.59 Å². The normalized spacial score (nSPS) is 20.2. The molecule has 3 rings (SSSR count). The third-order valence-corrected chi connectivity index (χ3v) is 4.70. The average molecular weight is 356 g/mol. The molecule has 26 heavy (non-hydrogen) atoms. The molecule has 1 fully saturated rings. The van der Waals surface area contributed by atoms with Gasteiger partial charge in [-0.1, -0.05) is 35.9 Å². The van der Waals surface area contributed by atoms with Gasteiger partial charge < -0.3 is 19.3 Å². The minimum atomic E-state index is -0.816. The van der Waals surface area contributed by atoms with Crippen LogP contribution >= 0.6 is 0 Å². The van der Waals surface area contributed by atoms with E-state index in [0.29, 0.717) is 26.1 Å². The summed E-state index contributed by atoms with van der Waals surface area (Å²) in [6.45, 7) is 2.96. The number of hydrogen-bond donors (Lipinski definition) is 1. The second-order valence-electron chi connectivity index (χ2n) is 6.84. The number of aromatic nitrogens is 1. The van der Waals surface area contributed by atoms with Crippen molar-refractivity contribution in [1.29, 1.82) is 0 Å². The van der Waals surface area contributed by atoms with E-state index in [2.05, 4.69) is 6.07 Å². The highest BCUT2D eigenvalue weighted by molar-refractivity contribution is 5.76. The van der Waals surface area contributed by atoms with Gasteiger partial charge in [0.2, 0.25) is 5.91 Å². The number of amides is 1. The van der Waals surface area contributed by atoms with Gasteiger partial charge in [0, 0.05) is 25.2 Å². The van der Waals surface area contributed by atoms with Crippen molar-refractivity contribution in [3.05, 3.63) is 70.1 Å². The maximum atomic E-state index is 12.7. The molecule has 0 radical (unpaired) electrons. The lowest BCUT2D eigenvalue weighted by Gasteiger charge is -2.42. The summed E-state index contributed by atoms with van der Waals surface area (Å²) < 4.78 is 7.29. The van der Waals surface area contributed by atoms with Gasteiger partial charge in [0.1, 0.15) is 12.1 Å². The highest BCUT2D eigenvalue weighted by Crippen LogP contribution is 2.23. The smallest absolute Gasteiger partial charge is 0.250 e. The molecule has 0 unspecified atom stereocenters. The van der Waals surface area contributed by atoms with Crippen LogP contribution in [0.4, 0.5) is 0 Å². The Bertz CT molecular complexity index is 832. The van der Waals surface area contributed by atoms with Crippen molar-refractivity contribution >= 4 is 5.91 Å². The van der Waals surface area contributed by atoms with Gasteiger partial charge in [-0.15, -0.1) is 0 Å². The van der Waals surface area contributed by atoms with Crippen LogP contribution in [0.25, 0.3) is 0 Å². The van der Waals surface area contributed by atoms with Crippen molar-refractivity contribution in [2.75, 3.05) is 26.3 Å². The fraction of sp³-hybridized carbons (Fsp3) is 0.400. The van der Waals surface area contributed by atoms with Gasteiger partial charge in [-0.25, -0.2) is 0 Å². The third-order valence-electron chi connectivity index (χ3n) is 4.70. The van der Waals surface area contributed by atoms with Gasteiger partial charge >= 0.3 is 0 Å². The predicted octanol–water partition coefficient (Wildman–Crippen LogP) is 0.989. The minimum absolute atomic E-state index is 0.00831. The number of aliphatic hydroxyl groups is 1. The SMILES string of the molecule is Cc1cccc(C[C@]2(CO)CN(C(=O)Cn3ccccc3=O)CCO2)c1. The molecule has 0 aliphatic carbocycles. The molecule has 0 saturated carbocycles. The van der Waals surface area contributed by atoms with E-state index in [4.69, 9.17) is 4.74 Å². The van der Waals surface area contributed by atoms with Crippen molar-refractivity contribution in [3.8, 4) is 0 Å². The summed E-state index contributed by atoms with van der Waals surface area (Å²) >= 11 is 0. The number of pyridine rings is 1. The monoisotopic (exact) mass is 356 g/mol. The van der Waals surface area contributed by atoms with Crippen LogP contribution in [-0.2, 0) is 22.5 Å². The Labute approximate surface area is 152 Å². The van der Waals surface area contributed by atoms with Crippen LogP contribution in [0.1, 0.15) is 11.1 Å². The minimum Gasteiger partial charge on any atom is -0.393 e. The number of benzene rings is 1. The van der Waals surface area contributed by atoms with E-state index in [1.165, 1.54) is 10.6 Å². The molecule has 1 saturated heterocycles. The highest BCUT2D eigenvalue weighted by Gasteiger charge is 2.38. The molecule has 2 heterocycles. The topological polar surface area (TPSA) is 71.8 Å². The Balaban J connectivity index is 1.73. The Hall–Kier alpha value is -2.44. The van der Waals surface area contributed by atoms with E-state index in [1.807, 2.05) is 25.1 Å². The number of aryl methyl sites for hydroxylation is 1. The zero-order valence-electron chi connectivity index (χ0n) is 14.9. The Morgan fingerprint density at radius 1 is 1.27 bits per heavy atom. The van der Waals surface area contributed by atoms with Crippen LogP contribution in [0.3, 0.4) is 0 Å². The first-order valence-electron chi connectivity index (χ1n) is 8.75. The first kappa shape index (κ1) is 18.4. The molecule has 1 N–H and O–H groups in total. The summed E-state index contributed by atoms with van der Waals surface area (Å²) in [7, 11) is 0. The molecule has 2 aromatic rings. The highest BCUT2D eigenvalue weighted by atomic mass is 16.5. The molecule has 138 valence electrons. The maximum absolute atomic E-state index is 12.7. The Morgan fingerprint density at radius 2 is 2.12 bits per heavy atom. The van der Waals surface area contributed by atoms with E-state index in [0.717, 1.165) is 11.1 Å². The molecule has 1 atom stereocenters. The van der Waals surface area contributed by atoms with Gasteiger partial charge in [0.05, 0.1) is 19.8 Å². The lowest BCUT2D eigenvalue weighted by Crippen LogP contribution is -2.57.